The van der Waals surface area contributed by atoms with Crippen LogP contribution in [0.1, 0.15) is 20.8 Å². The van der Waals surface area contributed by atoms with Crippen LogP contribution < -0.4 is 11.1 Å². The van der Waals surface area contributed by atoms with Crippen LogP contribution >= 0.6 is 0 Å². The molecule has 1 unspecified atom stereocenters. The monoisotopic (exact) mass is 192 g/mol. The largest absolute Gasteiger partial charge is 0.560 e. The maximum Gasteiger partial charge on any atom is 0.560 e. The molecule has 76 valence electrons. The molecule has 0 rings (SSSR count). The highest BCUT2D eigenvalue weighted by molar-refractivity contribution is 6.45. The highest BCUT2D eigenvalue weighted by Crippen LogP contribution is 2.07. The summed E-state index contributed by atoms with van der Waals surface area (Å²) in [5.41, 5.74) is 5.23. The van der Waals surface area contributed by atoms with E-state index in [0.717, 1.165) is 0 Å². The topological polar surface area (TPSA) is 55.1 Å². The van der Waals surface area contributed by atoms with Gasteiger partial charge in [-0.2, -0.15) is 0 Å². The molecule has 0 aliphatic rings. The Morgan fingerprint density at radius 3 is 2.08 bits per heavy atom. The summed E-state index contributed by atoms with van der Waals surface area (Å²) in [5.74, 6) is -1.96. The van der Waals surface area contributed by atoms with Gasteiger partial charge in [-0.25, -0.2) is 0 Å². The summed E-state index contributed by atoms with van der Waals surface area (Å²) in [4.78, 5) is 11.0. The maximum absolute atomic E-state index is 12.3. The van der Waals surface area contributed by atoms with E-state index in [9.17, 15) is 13.4 Å². The molecule has 3 nitrogen and oxygen atoms in total. The molecule has 1 amide bonds. The van der Waals surface area contributed by atoms with Gasteiger partial charge >= 0.3 is 7.27 Å². The van der Waals surface area contributed by atoms with Gasteiger partial charge in [0.15, 0.2) is 0 Å². The van der Waals surface area contributed by atoms with Crippen molar-refractivity contribution >= 4 is 13.2 Å². The van der Waals surface area contributed by atoms with Crippen LogP contribution in [0.4, 0.5) is 8.63 Å². The second-order valence-corrected chi connectivity index (χ2v) is 3.40. The Labute approximate surface area is 77.2 Å². The van der Waals surface area contributed by atoms with Crippen molar-refractivity contribution in [3.63, 3.8) is 0 Å². The molecule has 0 aliphatic heterocycles. The van der Waals surface area contributed by atoms with Crippen molar-refractivity contribution in [3.05, 3.63) is 0 Å². The first-order valence-electron chi connectivity index (χ1n) is 4.20. The fraction of sp³-hybridized carbons (Fsp3) is 0.857. The minimum Gasteiger partial charge on any atom is -0.353 e. The Hall–Kier alpha value is -0.645. The molecule has 0 aliphatic carbocycles. The Morgan fingerprint density at radius 2 is 1.85 bits per heavy atom. The number of carbonyl (C=O) groups is 1. The lowest BCUT2D eigenvalue weighted by molar-refractivity contribution is -0.122. The normalized spacial score (nSPS) is 15.3. The van der Waals surface area contributed by atoms with Gasteiger partial charge in [0.2, 0.25) is 5.91 Å². The molecule has 0 aromatic heterocycles. The standard InChI is InChI=1S/C7H15BF2N2O/c1-4(2)6(8(9)10)12-7(13)5(3)11/h4-6H,11H2,1-3H3,(H,12,13)/t5?,6-/m0/s1. The first-order chi connectivity index (χ1) is 5.86. The second-order valence-electron chi connectivity index (χ2n) is 3.40. The van der Waals surface area contributed by atoms with Crippen molar-refractivity contribution in [2.75, 3.05) is 0 Å². The van der Waals surface area contributed by atoms with Crippen LogP contribution in [0.15, 0.2) is 0 Å². The average molecular weight is 192 g/mol. The maximum atomic E-state index is 12.3. The molecule has 0 spiro atoms. The molecule has 0 aromatic carbocycles. The number of halogens is 2. The summed E-state index contributed by atoms with van der Waals surface area (Å²) in [5, 5.41) is 2.20. The van der Waals surface area contributed by atoms with E-state index in [-0.39, 0.29) is 5.92 Å². The molecule has 0 bridgehead atoms. The third-order valence-corrected chi connectivity index (χ3v) is 1.71. The Kier molecular flexibility index (Phi) is 4.91. The van der Waals surface area contributed by atoms with E-state index in [1.165, 1.54) is 6.92 Å². The van der Waals surface area contributed by atoms with Crippen LogP contribution in [-0.4, -0.2) is 25.2 Å². The van der Waals surface area contributed by atoms with Crippen molar-refractivity contribution in [2.24, 2.45) is 11.7 Å². The van der Waals surface area contributed by atoms with E-state index >= 15 is 0 Å². The third-order valence-electron chi connectivity index (χ3n) is 1.71. The Morgan fingerprint density at radius 1 is 1.38 bits per heavy atom. The molecule has 13 heavy (non-hydrogen) atoms. The summed E-state index contributed by atoms with van der Waals surface area (Å²) in [6.07, 6.45) is 0. The van der Waals surface area contributed by atoms with Crippen LogP contribution in [0.2, 0.25) is 0 Å². The SMILES string of the molecule is CC(N)C(=O)N[C@H](B(F)F)C(C)C. The van der Waals surface area contributed by atoms with E-state index in [2.05, 4.69) is 5.32 Å². The van der Waals surface area contributed by atoms with Gasteiger partial charge < -0.3 is 11.1 Å². The van der Waals surface area contributed by atoms with E-state index in [1.807, 2.05) is 0 Å². The van der Waals surface area contributed by atoms with Crippen molar-refractivity contribution in [3.8, 4) is 0 Å². The summed E-state index contributed by atoms with van der Waals surface area (Å²) in [7, 11) is -2.55. The van der Waals surface area contributed by atoms with E-state index < -0.39 is 25.2 Å². The summed E-state index contributed by atoms with van der Waals surface area (Å²) < 4.78 is 24.6. The minimum atomic E-state index is -2.55. The summed E-state index contributed by atoms with van der Waals surface area (Å²) in [6, 6.07) is -0.750. The molecule has 6 heteroatoms. The van der Waals surface area contributed by atoms with Gasteiger partial charge in [0.1, 0.15) is 0 Å². The van der Waals surface area contributed by atoms with Crippen molar-refractivity contribution in [1.29, 1.82) is 0 Å². The molecule has 0 heterocycles. The highest BCUT2D eigenvalue weighted by atomic mass is 19.2. The molecule has 0 saturated carbocycles. The van der Waals surface area contributed by atoms with Crippen LogP contribution in [0.3, 0.4) is 0 Å². The predicted molar refractivity (Wildman–Crippen MR) is 48.4 cm³/mol. The Bertz CT molecular complexity index is 168. The number of hydrogen-bond acceptors (Lipinski definition) is 2. The minimum absolute atomic E-state index is 0.303. The second kappa shape index (κ2) is 5.16. The number of carbonyl (C=O) groups excluding carboxylic acids is 1. The van der Waals surface area contributed by atoms with Crippen molar-refractivity contribution in [1.82, 2.24) is 5.32 Å². The molecular weight excluding hydrogens is 177 g/mol. The zero-order chi connectivity index (χ0) is 10.6. The van der Waals surface area contributed by atoms with Gasteiger partial charge in [-0.15, -0.1) is 0 Å². The fourth-order valence-electron chi connectivity index (χ4n) is 0.816. The number of hydrogen-bond donors (Lipinski definition) is 2. The highest BCUT2D eigenvalue weighted by Gasteiger charge is 2.32. The third kappa shape index (κ3) is 4.21. The van der Waals surface area contributed by atoms with E-state index in [1.54, 1.807) is 13.8 Å². The number of nitrogens with one attached hydrogen (secondary N) is 1. The van der Waals surface area contributed by atoms with Gasteiger partial charge in [0, 0.05) is 0 Å². The molecule has 2 atom stereocenters. The predicted octanol–water partition coefficient (Wildman–Crippen LogP) is 0.441. The van der Waals surface area contributed by atoms with E-state index in [4.69, 9.17) is 5.73 Å². The molecule has 0 aromatic rings. The van der Waals surface area contributed by atoms with Gasteiger partial charge in [0.05, 0.1) is 12.0 Å². The molecule has 0 saturated heterocycles. The lowest BCUT2D eigenvalue weighted by atomic mass is 9.77. The lowest BCUT2D eigenvalue weighted by Crippen LogP contribution is -2.50. The zero-order valence-electron chi connectivity index (χ0n) is 8.05. The average Bonchev–Trinajstić information content (AvgIpc) is 1.97. The van der Waals surface area contributed by atoms with Crippen LogP contribution in [0.25, 0.3) is 0 Å². The fourth-order valence-corrected chi connectivity index (χ4v) is 0.816. The number of rotatable bonds is 4. The molecule has 0 radical (unpaired) electrons. The molecule has 0 fully saturated rings. The summed E-state index contributed by atoms with van der Waals surface area (Å²) in [6.45, 7) is 4.70. The van der Waals surface area contributed by atoms with Gasteiger partial charge in [-0.1, -0.05) is 13.8 Å². The summed E-state index contributed by atoms with van der Waals surface area (Å²) >= 11 is 0. The van der Waals surface area contributed by atoms with Crippen LogP contribution in [0.5, 0.6) is 0 Å². The first kappa shape index (κ1) is 12.4. The van der Waals surface area contributed by atoms with Crippen molar-refractivity contribution < 1.29 is 13.4 Å². The zero-order valence-corrected chi connectivity index (χ0v) is 8.05. The van der Waals surface area contributed by atoms with Crippen LogP contribution in [0, 0.1) is 5.92 Å². The Balaban J connectivity index is 4.19. The molecule has 3 N–H and O–H groups in total. The smallest absolute Gasteiger partial charge is 0.353 e. The van der Waals surface area contributed by atoms with E-state index in [0.29, 0.717) is 0 Å². The van der Waals surface area contributed by atoms with Gasteiger partial charge in [0.25, 0.3) is 0 Å². The first-order valence-corrected chi connectivity index (χ1v) is 4.20. The number of amides is 1. The molecular formula is C7H15BF2N2O. The number of nitrogens with two attached hydrogens (primary N) is 1. The van der Waals surface area contributed by atoms with Gasteiger partial charge in [-0.3, -0.25) is 13.4 Å². The lowest BCUT2D eigenvalue weighted by Gasteiger charge is -2.20. The van der Waals surface area contributed by atoms with Crippen LogP contribution in [-0.2, 0) is 4.79 Å². The van der Waals surface area contributed by atoms with Crippen molar-refractivity contribution in [2.45, 2.75) is 32.8 Å². The quantitative estimate of drug-likeness (QED) is 0.635. The van der Waals surface area contributed by atoms with Gasteiger partial charge in [-0.05, 0) is 12.8 Å².